The quantitative estimate of drug-likeness (QED) is 0.107. The van der Waals surface area contributed by atoms with Crippen LogP contribution < -0.4 is 0 Å². The number of hydrogen-bond donors (Lipinski definition) is 0. The molecule has 0 atom stereocenters. The van der Waals surface area contributed by atoms with Gasteiger partial charge in [-0.3, -0.25) is 0 Å². The molecule has 0 aliphatic rings. The number of hydrogen-bond acceptors (Lipinski definition) is 14. The van der Waals surface area contributed by atoms with Crippen molar-refractivity contribution >= 4 is 110 Å². The van der Waals surface area contributed by atoms with Gasteiger partial charge in [0.05, 0.1) is 45.9 Å². The van der Waals surface area contributed by atoms with Gasteiger partial charge in [0.15, 0.2) is 34.9 Å². The average molecular weight is 1490 g/mol. The smallest absolute Gasteiger partial charge is 0.164 e. The summed E-state index contributed by atoms with van der Waals surface area (Å²) in [5, 5.41) is 11.0. The highest BCUT2D eigenvalue weighted by molar-refractivity contribution is 7.00. The highest BCUT2D eigenvalue weighted by Gasteiger charge is 2.22. The fourth-order valence-corrected chi connectivity index (χ4v) is 16.5. The standard InChI is InChI=1S/C52H32N6S.C48H28N6S/c1-5-13-33(14-6-1)40-29-41(34-15-7-2-8-16-34)31-42(30-40)52-55-50(37-19-11-4-12-20-37)54-51(56-52)38-23-21-35(22-24-38)39-25-26-43-46(32-39)53-48(36-17-9-3-10-18-36)44-27-28-45-49(47(43)44)58-59-57-45;1-2-10-32(11-3-1)44-40-24-25-41-45(54-55-53-41)43(40)39-23-22-36(28-42(39)49-44)31-14-18-33(19-15-31)46-50-47(37-20-16-29-8-4-6-12-34(29)26-37)52-48(51-46)38-21-17-30-9-5-7-13-35(30)27-38/h1-32H;1-28H. The van der Waals surface area contributed by atoms with Gasteiger partial charge in [-0.1, -0.05) is 297 Å². The zero-order chi connectivity index (χ0) is 75.4. The van der Waals surface area contributed by atoms with E-state index in [2.05, 4.69) is 306 Å². The van der Waals surface area contributed by atoms with Crippen LogP contribution in [0.25, 0.3) is 222 Å². The van der Waals surface area contributed by atoms with Crippen LogP contribution in [-0.4, -0.2) is 57.4 Å². The Morgan fingerprint density at radius 3 is 0.851 bits per heavy atom. The monoisotopic (exact) mass is 1490 g/mol. The van der Waals surface area contributed by atoms with Crippen molar-refractivity contribution in [3.63, 3.8) is 0 Å². The summed E-state index contributed by atoms with van der Waals surface area (Å²) in [6.07, 6.45) is 0. The maximum atomic E-state index is 5.27. The number of aromatic nitrogens is 12. The van der Waals surface area contributed by atoms with Crippen LogP contribution in [0.4, 0.5) is 0 Å². The summed E-state index contributed by atoms with van der Waals surface area (Å²) < 4.78 is 18.5. The van der Waals surface area contributed by atoms with Crippen molar-refractivity contribution in [3.05, 3.63) is 364 Å². The van der Waals surface area contributed by atoms with E-state index >= 15 is 0 Å². The summed E-state index contributed by atoms with van der Waals surface area (Å²) >= 11 is 2.48. The maximum absolute atomic E-state index is 5.27. The number of rotatable bonds is 12. The molecule has 0 radical (unpaired) electrons. The van der Waals surface area contributed by atoms with Gasteiger partial charge in [0.25, 0.3) is 0 Å². The normalized spacial score (nSPS) is 11.5. The molecule has 6 heterocycles. The Labute approximate surface area is 662 Å². The Morgan fingerprint density at radius 2 is 0.447 bits per heavy atom. The van der Waals surface area contributed by atoms with E-state index in [0.29, 0.717) is 34.9 Å². The second kappa shape index (κ2) is 28.8. The van der Waals surface area contributed by atoms with E-state index in [0.717, 1.165) is 177 Å². The molecule has 0 fully saturated rings. The zero-order valence-electron chi connectivity index (χ0n) is 60.8. The molecule has 0 saturated heterocycles. The SMILES string of the molecule is c1ccc(-c2cc(-c3ccccc3)cc(-c3nc(-c4ccccc4)nc(-c4ccc(-c5ccc6c(c5)nc(-c5ccccc5)c5ccc7nsnc7c56)cc4)n3)c2)cc1.c1ccc(-c2nc3cc(-c4ccc(-c5nc(-c6ccc7ccccc7c6)nc(-c6ccc7ccccc7c6)n5)cc4)ccc3c3c2ccc2nsnc23)cc1. The second-order valence-electron chi connectivity index (χ2n) is 28.1. The van der Waals surface area contributed by atoms with E-state index in [-0.39, 0.29) is 0 Å². The lowest BCUT2D eigenvalue weighted by Crippen LogP contribution is -2.00. The molecule has 0 aliphatic heterocycles. The summed E-state index contributed by atoms with van der Waals surface area (Å²) in [7, 11) is 0. The molecule has 0 aliphatic carbocycles. The van der Waals surface area contributed by atoms with Crippen LogP contribution in [-0.2, 0) is 0 Å². The molecule has 0 saturated carbocycles. The van der Waals surface area contributed by atoms with E-state index in [9.17, 15) is 0 Å². The molecule has 0 bridgehead atoms. The number of fused-ring (bicyclic) bond motifs is 12. The molecule has 0 unspecified atom stereocenters. The predicted molar refractivity (Wildman–Crippen MR) is 467 cm³/mol. The Bertz CT molecular complexity index is 7300. The van der Waals surface area contributed by atoms with Gasteiger partial charge < -0.3 is 0 Å². The highest BCUT2D eigenvalue weighted by Crippen LogP contribution is 2.42. The Balaban J connectivity index is 0.000000144. The molecular formula is C100H60N12S2. The topological polar surface area (TPSA) is 155 Å². The Hall–Kier alpha value is -15.0. The van der Waals surface area contributed by atoms with Crippen molar-refractivity contribution in [1.29, 1.82) is 0 Å². The number of benzene rings is 16. The highest BCUT2D eigenvalue weighted by atomic mass is 32.1. The van der Waals surface area contributed by atoms with E-state index in [1.54, 1.807) is 0 Å². The van der Waals surface area contributed by atoms with Crippen molar-refractivity contribution in [2.45, 2.75) is 0 Å². The van der Waals surface area contributed by atoms with Crippen LogP contribution in [0.3, 0.4) is 0 Å². The summed E-state index contributed by atoms with van der Waals surface area (Å²) in [5.41, 5.74) is 23.6. The first kappa shape index (κ1) is 67.2. The van der Waals surface area contributed by atoms with E-state index < -0.39 is 0 Å². The largest absolute Gasteiger partial charge is 0.247 e. The molecule has 0 N–H and O–H groups in total. The minimum Gasteiger partial charge on any atom is -0.247 e. The van der Waals surface area contributed by atoms with Gasteiger partial charge in [-0.25, -0.2) is 39.9 Å². The Kier molecular flexibility index (Phi) is 17.0. The van der Waals surface area contributed by atoms with Crippen molar-refractivity contribution in [2.75, 3.05) is 0 Å². The second-order valence-corrected chi connectivity index (χ2v) is 29.2. The van der Waals surface area contributed by atoms with Crippen LogP contribution in [0.5, 0.6) is 0 Å². The molecule has 16 aromatic carbocycles. The summed E-state index contributed by atoms with van der Waals surface area (Å²) in [5.74, 6) is 3.72. The molecule has 6 aromatic heterocycles. The van der Waals surface area contributed by atoms with Crippen molar-refractivity contribution in [2.24, 2.45) is 0 Å². The fraction of sp³-hybridized carbons (Fsp3) is 0. The first-order valence-electron chi connectivity index (χ1n) is 37.6. The lowest BCUT2D eigenvalue weighted by Gasteiger charge is -2.13. The molecule has 0 spiro atoms. The number of pyridine rings is 2. The minimum absolute atomic E-state index is 0.604. The van der Waals surface area contributed by atoms with Gasteiger partial charge in [0.2, 0.25) is 0 Å². The predicted octanol–water partition coefficient (Wildman–Crippen LogP) is 25.5. The maximum Gasteiger partial charge on any atom is 0.164 e. The van der Waals surface area contributed by atoms with Crippen LogP contribution in [0.15, 0.2) is 364 Å². The van der Waals surface area contributed by atoms with Crippen LogP contribution >= 0.6 is 23.5 Å². The van der Waals surface area contributed by atoms with Gasteiger partial charge in [0.1, 0.15) is 22.1 Å². The van der Waals surface area contributed by atoms with Gasteiger partial charge in [-0.15, -0.1) is 0 Å². The van der Waals surface area contributed by atoms with Gasteiger partial charge in [0, 0.05) is 76.8 Å². The molecule has 0 amide bonds. The number of nitrogens with zero attached hydrogens (tertiary/aromatic N) is 12. The summed E-state index contributed by atoms with van der Waals surface area (Å²) in [6, 6.07) is 126. The first-order chi connectivity index (χ1) is 56.4. The van der Waals surface area contributed by atoms with Crippen LogP contribution in [0, 0.1) is 0 Å². The van der Waals surface area contributed by atoms with Crippen molar-refractivity contribution < 1.29 is 0 Å². The van der Waals surface area contributed by atoms with E-state index in [1.165, 1.54) is 34.2 Å². The molecule has 22 rings (SSSR count). The van der Waals surface area contributed by atoms with E-state index in [4.69, 9.17) is 48.6 Å². The summed E-state index contributed by atoms with van der Waals surface area (Å²) in [6.45, 7) is 0. The van der Waals surface area contributed by atoms with Gasteiger partial charge >= 0.3 is 0 Å². The first-order valence-corrected chi connectivity index (χ1v) is 39.0. The van der Waals surface area contributed by atoms with Crippen LogP contribution in [0.1, 0.15) is 0 Å². The average Bonchev–Trinajstić information content (AvgIpc) is 1.15. The van der Waals surface area contributed by atoms with Gasteiger partial charge in [-0.2, -0.15) is 17.5 Å². The Morgan fingerprint density at radius 1 is 0.158 bits per heavy atom. The third kappa shape index (κ3) is 12.7. The van der Waals surface area contributed by atoms with Crippen LogP contribution in [0.2, 0.25) is 0 Å². The molecule has 532 valence electrons. The molecule has 114 heavy (non-hydrogen) atoms. The van der Waals surface area contributed by atoms with E-state index in [1.807, 2.05) is 66.7 Å². The lowest BCUT2D eigenvalue weighted by molar-refractivity contribution is 1.07. The fourth-order valence-electron chi connectivity index (χ4n) is 15.4. The molecule has 22 aromatic rings. The molecule has 14 heteroatoms. The van der Waals surface area contributed by atoms with Gasteiger partial charge in [-0.05, 0) is 133 Å². The zero-order valence-corrected chi connectivity index (χ0v) is 62.5. The molecular weight excluding hydrogens is 1430 g/mol. The lowest BCUT2D eigenvalue weighted by atomic mass is 9.95. The summed E-state index contributed by atoms with van der Waals surface area (Å²) in [4.78, 5) is 41.0. The third-order valence-corrected chi connectivity index (χ3v) is 22.2. The van der Waals surface area contributed by atoms with Crippen molar-refractivity contribution in [1.82, 2.24) is 57.4 Å². The van der Waals surface area contributed by atoms with Crippen molar-refractivity contribution in [3.8, 4) is 135 Å². The minimum atomic E-state index is 0.604. The molecule has 12 nitrogen and oxygen atoms in total. The third-order valence-electron chi connectivity index (χ3n) is 21.1.